The van der Waals surface area contributed by atoms with Crippen LogP contribution in [0.3, 0.4) is 0 Å². The van der Waals surface area contributed by atoms with Gasteiger partial charge in [0.15, 0.2) is 0 Å². The summed E-state index contributed by atoms with van der Waals surface area (Å²) in [7, 11) is 0. The van der Waals surface area contributed by atoms with Gasteiger partial charge in [0.05, 0.1) is 12.2 Å². The molecule has 2 aromatic carbocycles. The van der Waals surface area contributed by atoms with Crippen molar-refractivity contribution in [2.24, 2.45) is 0 Å². The lowest BCUT2D eigenvalue weighted by Crippen LogP contribution is -2.32. The zero-order valence-corrected chi connectivity index (χ0v) is 19.7. The monoisotopic (exact) mass is 463 g/mol. The van der Waals surface area contributed by atoms with E-state index in [1.54, 1.807) is 18.2 Å². The van der Waals surface area contributed by atoms with Crippen LogP contribution in [-0.4, -0.2) is 25.5 Å². The van der Waals surface area contributed by atoms with Crippen LogP contribution in [0.15, 0.2) is 53.3 Å². The highest BCUT2D eigenvalue weighted by Crippen LogP contribution is 2.21. The summed E-state index contributed by atoms with van der Waals surface area (Å²) in [5.74, 6) is 0.254. The maximum absolute atomic E-state index is 13.6. The van der Waals surface area contributed by atoms with Gasteiger partial charge in [0, 0.05) is 16.1 Å². The molecule has 1 amide bonds. The number of anilines is 1. The third kappa shape index (κ3) is 4.68. The first-order valence-electron chi connectivity index (χ1n) is 11.0. The second-order valence-corrected chi connectivity index (χ2v) is 8.54. The maximum Gasteiger partial charge on any atom is 0.277 e. The fourth-order valence-corrected chi connectivity index (χ4v) is 4.04. The van der Waals surface area contributed by atoms with Gasteiger partial charge in [-0.3, -0.25) is 19.6 Å². The van der Waals surface area contributed by atoms with Gasteiger partial charge in [-0.2, -0.15) is 9.50 Å². The van der Waals surface area contributed by atoms with Gasteiger partial charge < -0.3 is 0 Å². The van der Waals surface area contributed by atoms with E-state index in [0.29, 0.717) is 28.3 Å². The van der Waals surface area contributed by atoms with E-state index in [4.69, 9.17) is 11.6 Å². The van der Waals surface area contributed by atoms with E-state index in [1.807, 2.05) is 44.2 Å². The molecule has 170 valence electrons. The number of unbranched alkanes of at least 4 members (excludes halogenated alkanes) is 1. The average Bonchev–Trinajstić information content (AvgIpc) is 3.21. The van der Waals surface area contributed by atoms with Crippen molar-refractivity contribution in [3.05, 3.63) is 91.9 Å². The SMILES string of the molecule is CCCCc1c(C)nc2nc(N(Cc3cccc(Cl)c3)C(=O)c3ccccc3C)[nH]n2c1=O. The smallest absolute Gasteiger partial charge is 0.272 e. The first kappa shape index (κ1) is 22.7. The Bertz CT molecular complexity index is 1370. The van der Waals surface area contributed by atoms with Gasteiger partial charge >= 0.3 is 0 Å². The van der Waals surface area contributed by atoms with E-state index in [2.05, 4.69) is 22.0 Å². The Kier molecular flexibility index (Phi) is 6.60. The summed E-state index contributed by atoms with van der Waals surface area (Å²) in [5, 5.41) is 3.59. The predicted octanol–water partition coefficient (Wildman–Crippen LogP) is 4.88. The Morgan fingerprint density at radius 1 is 1.12 bits per heavy atom. The number of carbonyl (C=O) groups excluding carboxylic acids is 1. The van der Waals surface area contributed by atoms with Gasteiger partial charge in [0.25, 0.3) is 17.2 Å². The number of amides is 1. The highest BCUT2D eigenvalue weighted by molar-refractivity contribution is 6.30. The minimum Gasteiger partial charge on any atom is -0.272 e. The van der Waals surface area contributed by atoms with Crippen molar-refractivity contribution in [2.75, 3.05) is 4.90 Å². The summed E-state index contributed by atoms with van der Waals surface area (Å²) >= 11 is 6.18. The second kappa shape index (κ2) is 9.58. The maximum atomic E-state index is 13.6. The molecule has 0 aliphatic rings. The van der Waals surface area contributed by atoms with Crippen LogP contribution in [0.1, 0.15) is 52.5 Å². The van der Waals surface area contributed by atoms with Gasteiger partial charge in [-0.1, -0.05) is 55.3 Å². The molecule has 0 bridgehead atoms. The molecule has 4 aromatic rings. The van der Waals surface area contributed by atoms with Crippen molar-refractivity contribution in [3.63, 3.8) is 0 Å². The fraction of sp³-hybridized carbons (Fsp3) is 0.280. The third-order valence-electron chi connectivity index (χ3n) is 5.67. The van der Waals surface area contributed by atoms with Crippen molar-refractivity contribution in [3.8, 4) is 0 Å². The summed E-state index contributed by atoms with van der Waals surface area (Å²) in [6.45, 7) is 6.02. The zero-order chi connectivity index (χ0) is 23.5. The summed E-state index contributed by atoms with van der Waals surface area (Å²) in [4.78, 5) is 37.3. The lowest BCUT2D eigenvalue weighted by molar-refractivity contribution is 0.0983. The van der Waals surface area contributed by atoms with Crippen LogP contribution in [-0.2, 0) is 13.0 Å². The standard InChI is InChI=1S/C25H26ClN5O2/c1-4-5-12-21-17(3)27-24-28-25(29-31(24)23(21)33)30(15-18-10-8-11-19(26)14-18)22(32)20-13-7-6-9-16(20)2/h6-11,13-14H,4-5,12,15H2,1-3H3,(H,27,28,29). The van der Waals surface area contributed by atoms with Crippen LogP contribution in [0.25, 0.3) is 5.78 Å². The van der Waals surface area contributed by atoms with Crippen LogP contribution in [0.5, 0.6) is 0 Å². The molecule has 0 spiro atoms. The summed E-state index contributed by atoms with van der Waals surface area (Å²) in [6.07, 6.45) is 2.53. The molecular formula is C25H26ClN5O2. The lowest BCUT2D eigenvalue weighted by atomic mass is 10.1. The summed E-state index contributed by atoms with van der Waals surface area (Å²) in [5.41, 5.74) is 3.39. The molecule has 7 nitrogen and oxygen atoms in total. The first-order valence-corrected chi connectivity index (χ1v) is 11.4. The Morgan fingerprint density at radius 3 is 2.64 bits per heavy atom. The van der Waals surface area contributed by atoms with Gasteiger partial charge in [-0.05, 0) is 56.0 Å². The number of H-pyrrole nitrogens is 1. The summed E-state index contributed by atoms with van der Waals surface area (Å²) < 4.78 is 1.32. The fourth-order valence-electron chi connectivity index (χ4n) is 3.82. The normalized spacial score (nSPS) is 11.2. The molecule has 0 saturated carbocycles. The topological polar surface area (TPSA) is 83.4 Å². The van der Waals surface area contributed by atoms with E-state index in [9.17, 15) is 9.59 Å². The molecule has 0 unspecified atom stereocenters. The quantitative estimate of drug-likeness (QED) is 0.423. The predicted molar refractivity (Wildman–Crippen MR) is 130 cm³/mol. The largest absolute Gasteiger partial charge is 0.277 e. The minimum atomic E-state index is -0.233. The molecule has 2 heterocycles. The van der Waals surface area contributed by atoms with Gasteiger partial charge in [0.2, 0.25) is 5.95 Å². The van der Waals surface area contributed by atoms with E-state index in [0.717, 1.165) is 24.0 Å². The Morgan fingerprint density at radius 2 is 1.91 bits per heavy atom. The number of carbonyl (C=O) groups is 1. The van der Waals surface area contributed by atoms with Crippen LogP contribution in [0.4, 0.5) is 5.95 Å². The molecule has 0 atom stereocenters. The van der Waals surface area contributed by atoms with E-state index >= 15 is 0 Å². The molecule has 0 aliphatic carbocycles. The Balaban J connectivity index is 1.82. The van der Waals surface area contributed by atoms with Crippen molar-refractivity contribution >= 4 is 29.2 Å². The zero-order valence-electron chi connectivity index (χ0n) is 18.9. The number of benzene rings is 2. The number of nitrogens with zero attached hydrogens (tertiary/aromatic N) is 4. The number of aromatic nitrogens is 4. The number of aromatic amines is 1. The van der Waals surface area contributed by atoms with E-state index < -0.39 is 0 Å². The average molecular weight is 464 g/mol. The van der Waals surface area contributed by atoms with Crippen LogP contribution < -0.4 is 10.5 Å². The van der Waals surface area contributed by atoms with Gasteiger partial charge in [-0.25, -0.2) is 4.98 Å². The second-order valence-electron chi connectivity index (χ2n) is 8.10. The lowest BCUT2D eigenvalue weighted by Gasteiger charge is -2.21. The number of halogens is 1. The summed E-state index contributed by atoms with van der Waals surface area (Å²) in [6, 6.07) is 14.7. The van der Waals surface area contributed by atoms with Gasteiger partial charge in [-0.15, -0.1) is 0 Å². The number of fused-ring (bicyclic) bond motifs is 1. The van der Waals surface area contributed by atoms with Crippen LogP contribution in [0, 0.1) is 13.8 Å². The van der Waals surface area contributed by atoms with Crippen molar-refractivity contribution < 1.29 is 4.79 Å². The van der Waals surface area contributed by atoms with E-state index in [1.165, 1.54) is 9.42 Å². The highest BCUT2D eigenvalue weighted by atomic mass is 35.5. The van der Waals surface area contributed by atoms with Crippen molar-refractivity contribution in [1.82, 2.24) is 19.6 Å². The number of nitrogens with one attached hydrogen (secondary N) is 1. The van der Waals surface area contributed by atoms with Crippen LogP contribution >= 0.6 is 11.6 Å². The molecule has 2 aromatic heterocycles. The number of rotatable bonds is 7. The molecule has 1 N–H and O–H groups in total. The number of hydrogen-bond donors (Lipinski definition) is 1. The number of hydrogen-bond acceptors (Lipinski definition) is 4. The van der Waals surface area contributed by atoms with Gasteiger partial charge in [0.1, 0.15) is 0 Å². The number of aryl methyl sites for hydroxylation is 2. The molecule has 0 fully saturated rings. The Hall–Kier alpha value is -3.45. The third-order valence-corrected chi connectivity index (χ3v) is 5.90. The molecule has 4 rings (SSSR count). The molecule has 0 saturated heterocycles. The molecule has 33 heavy (non-hydrogen) atoms. The van der Waals surface area contributed by atoms with Crippen LogP contribution in [0.2, 0.25) is 5.02 Å². The molecular weight excluding hydrogens is 438 g/mol. The van der Waals surface area contributed by atoms with Crippen molar-refractivity contribution in [1.29, 1.82) is 0 Å². The molecule has 0 radical (unpaired) electrons. The van der Waals surface area contributed by atoms with Crippen molar-refractivity contribution in [2.45, 2.75) is 46.6 Å². The molecule has 8 heteroatoms. The molecule has 0 aliphatic heterocycles. The Labute approximate surface area is 197 Å². The minimum absolute atomic E-state index is 0.184. The first-order chi connectivity index (χ1) is 15.9. The highest BCUT2D eigenvalue weighted by Gasteiger charge is 2.24. The van der Waals surface area contributed by atoms with E-state index in [-0.39, 0.29) is 29.7 Å².